The van der Waals surface area contributed by atoms with Gasteiger partial charge >= 0.3 is 5.97 Å². The van der Waals surface area contributed by atoms with E-state index < -0.39 is 11.9 Å². The first-order chi connectivity index (χ1) is 15.5. The van der Waals surface area contributed by atoms with E-state index in [1.54, 1.807) is 16.7 Å². The summed E-state index contributed by atoms with van der Waals surface area (Å²) in [4.78, 5) is 29.8. The Balaban J connectivity index is 2.12. The fourth-order valence-electron chi connectivity index (χ4n) is 3.12. The molecule has 0 N–H and O–H groups in total. The van der Waals surface area contributed by atoms with E-state index in [9.17, 15) is 9.59 Å². The summed E-state index contributed by atoms with van der Waals surface area (Å²) >= 11 is 1.32. The van der Waals surface area contributed by atoms with Crippen molar-refractivity contribution in [2.24, 2.45) is 4.99 Å². The van der Waals surface area contributed by atoms with Gasteiger partial charge in [-0.3, -0.25) is 9.59 Å². The Kier molecular flexibility index (Phi) is 7.88. The average molecular weight is 459 g/mol. The van der Waals surface area contributed by atoms with E-state index in [2.05, 4.69) is 4.99 Å². The van der Waals surface area contributed by atoms with Crippen molar-refractivity contribution < 1.29 is 28.5 Å². The maximum Gasteiger partial charge on any atom is 0.325 e. The van der Waals surface area contributed by atoms with Crippen LogP contribution in [-0.4, -0.2) is 43.4 Å². The Labute approximate surface area is 190 Å². The maximum absolute atomic E-state index is 13.1. The molecule has 0 fully saturated rings. The van der Waals surface area contributed by atoms with Gasteiger partial charge in [0.2, 0.25) is 5.75 Å². The third-order valence-electron chi connectivity index (χ3n) is 4.46. The number of methoxy groups -OCH3 is 1. The lowest BCUT2D eigenvalue weighted by Gasteiger charge is -2.16. The molecule has 0 atom stereocenters. The number of esters is 1. The van der Waals surface area contributed by atoms with Crippen molar-refractivity contribution in [2.75, 3.05) is 26.9 Å². The van der Waals surface area contributed by atoms with Gasteiger partial charge in [0.05, 0.1) is 37.1 Å². The number of ether oxygens (including phenoxy) is 4. The molecule has 0 saturated carbocycles. The predicted molar refractivity (Wildman–Crippen MR) is 122 cm³/mol. The lowest BCUT2D eigenvalue weighted by Crippen LogP contribution is -2.22. The number of carbonyl (C=O) groups is 2. The quantitative estimate of drug-likeness (QED) is 0.453. The molecule has 0 aliphatic carbocycles. The fourth-order valence-corrected chi connectivity index (χ4v) is 4.14. The first-order valence-electron chi connectivity index (χ1n) is 10.3. The van der Waals surface area contributed by atoms with Gasteiger partial charge in [0.15, 0.2) is 16.3 Å². The predicted octanol–water partition coefficient (Wildman–Crippen LogP) is 3.81. The summed E-state index contributed by atoms with van der Waals surface area (Å²) in [6, 6.07) is 10.7. The maximum atomic E-state index is 13.1. The van der Waals surface area contributed by atoms with Crippen molar-refractivity contribution in [2.45, 2.75) is 27.3 Å². The summed E-state index contributed by atoms with van der Waals surface area (Å²) in [7, 11) is 1.32. The van der Waals surface area contributed by atoms with Crippen LogP contribution in [0.5, 0.6) is 17.2 Å². The van der Waals surface area contributed by atoms with Crippen LogP contribution in [0.2, 0.25) is 0 Å². The zero-order chi connectivity index (χ0) is 23.1. The molecule has 0 radical (unpaired) electrons. The van der Waals surface area contributed by atoms with Gasteiger partial charge in [0, 0.05) is 5.56 Å². The number of aromatic nitrogens is 1. The Bertz CT molecular complexity index is 1150. The van der Waals surface area contributed by atoms with Crippen LogP contribution in [0, 0.1) is 0 Å². The van der Waals surface area contributed by atoms with Crippen LogP contribution in [0.3, 0.4) is 0 Å². The second-order valence-electron chi connectivity index (χ2n) is 6.53. The largest absolute Gasteiger partial charge is 0.490 e. The zero-order valence-corrected chi connectivity index (χ0v) is 19.4. The fraction of sp³-hybridized carbons (Fsp3) is 0.348. The number of rotatable bonds is 9. The molecule has 3 rings (SSSR count). The Morgan fingerprint density at radius 3 is 2.19 bits per heavy atom. The van der Waals surface area contributed by atoms with Crippen LogP contribution in [0.25, 0.3) is 10.2 Å². The molecule has 9 heteroatoms. The van der Waals surface area contributed by atoms with E-state index >= 15 is 0 Å². The molecular weight excluding hydrogens is 432 g/mol. The molecule has 0 aliphatic heterocycles. The van der Waals surface area contributed by atoms with Crippen LogP contribution >= 0.6 is 11.3 Å². The average Bonchev–Trinajstić information content (AvgIpc) is 3.12. The summed E-state index contributed by atoms with van der Waals surface area (Å²) in [5, 5.41) is 0. The van der Waals surface area contributed by atoms with Crippen molar-refractivity contribution in [3.63, 3.8) is 0 Å². The highest BCUT2D eigenvalue weighted by atomic mass is 32.1. The minimum absolute atomic E-state index is 0.0513. The third-order valence-corrected chi connectivity index (χ3v) is 5.52. The van der Waals surface area contributed by atoms with Crippen LogP contribution in [-0.2, 0) is 16.1 Å². The van der Waals surface area contributed by atoms with Gasteiger partial charge in [-0.05, 0) is 45.0 Å². The third kappa shape index (κ3) is 5.11. The number of nitrogens with zero attached hydrogens (tertiary/aromatic N) is 2. The highest BCUT2D eigenvalue weighted by Crippen LogP contribution is 2.39. The molecule has 3 aromatic rings. The summed E-state index contributed by atoms with van der Waals surface area (Å²) in [5.74, 6) is 0.367. The minimum atomic E-state index is -0.486. The van der Waals surface area contributed by atoms with E-state index in [4.69, 9.17) is 18.9 Å². The number of fused-ring (bicyclic) bond motifs is 1. The standard InChI is InChI=1S/C23H26N2O6S/c1-5-29-17-12-15(13-18(30-6-2)21(17)31-7-3)22(27)24-23-25(14-20(26)28-4)16-10-8-9-11-19(16)32-23/h8-13H,5-7,14H2,1-4H3. The summed E-state index contributed by atoms with van der Waals surface area (Å²) in [6.45, 7) is 6.73. The molecule has 170 valence electrons. The van der Waals surface area contributed by atoms with E-state index in [1.807, 2.05) is 45.0 Å². The van der Waals surface area contributed by atoms with Crippen molar-refractivity contribution in [3.8, 4) is 17.2 Å². The van der Waals surface area contributed by atoms with E-state index in [-0.39, 0.29) is 6.54 Å². The van der Waals surface area contributed by atoms with Crippen LogP contribution < -0.4 is 19.0 Å². The highest BCUT2D eigenvalue weighted by molar-refractivity contribution is 7.16. The molecule has 0 saturated heterocycles. The second-order valence-corrected chi connectivity index (χ2v) is 7.54. The highest BCUT2D eigenvalue weighted by Gasteiger charge is 2.19. The van der Waals surface area contributed by atoms with Crippen molar-refractivity contribution in [1.82, 2.24) is 4.57 Å². The molecule has 0 spiro atoms. The van der Waals surface area contributed by atoms with Crippen molar-refractivity contribution in [3.05, 3.63) is 46.8 Å². The minimum Gasteiger partial charge on any atom is -0.490 e. The number of amides is 1. The molecule has 1 amide bonds. The number of para-hydroxylation sites is 1. The van der Waals surface area contributed by atoms with E-state index in [0.717, 1.165) is 10.2 Å². The monoisotopic (exact) mass is 458 g/mol. The normalized spacial score (nSPS) is 11.4. The summed E-state index contributed by atoms with van der Waals surface area (Å²) in [6.07, 6.45) is 0. The molecule has 2 aromatic carbocycles. The smallest absolute Gasteiger partial charge is 0.325 e. The van der Waals surface area contributed by atoms with Gasteiger partial charge < -0.3 is 23.5 Å². The Morgan fingerprint density at radius 2 is 1.59 bits per heavy atom. The molecule has 1 heterocycles. The van der Waals surface area contributed by atoms with Crippen molar-refractivity contribution in [1.29, 1.82) is 0 Å². The molecule has 0 unspecified atom stereocenters. The van der Waals surface area contributed by atoms with Gasteiger partial charge in [-0.15, -0.1) is 0 Å². The van der Waals surface area contributed by atoms with Crippen LogP contribution in [0.1, 0.15) is 31.1 Å². The first kappa shape index (κ1) is 23.3. The van der Waals surface area contributed by atoms with Gasteiger partial charge in [0.1, 0.15) is 6.54 Å². The van der Waals surface area contributed by atoms with Gasteiger partial charge in [0.25, 0.3) is 5.91 Å². The van der Waals surface area contributed by atoms with Gasteiger partial charge in [-0.2, -0.15) is 4.99 Å². The summed E-state index contributed by atoms with van der Waals surface area (Å²) in [5.41, 5.74) is 1.09. The molecular formula is C23H26N2O6S. The Hall–Kier alpha value is -3.33. The Morgan fingerprint density at radius 1 is 0.969 bits per heavy atom. The summed E-state index contributed by atoms with van der Waals surface area (Å²) < 4.78 is 24.5. The molecule has 0 aliphatic rings. The SMILES string of the molecule is CCOc1cc(C(=O)N=c2sc3ccccc3n2CC(=O)OC)cc(OCC)c1OCC. The lowest BCUT2D eigenvalue weighted by atomic mass is 10.1. The number of thiazole rings is 1. The lowest BCUT2D eigenvalue weighted by molar-refractivity contribution is -0.141. The number of hydrogen-bond donors (Lipinski definition) is 0. The first-order valence-corrected chi connectivity index (χ1v) is 11.1. The van der Waals surface area contributed by atoms with Crippen LogP contribution in [0.15, 0.2) is 41.4 Å². The molecule has 8 nitrogen and oxygen atoms in total. The second kappa shape index (κ2) is 10.8. The topological polar surface area (TPSA) is 88.4 Å². The van der Waals surface area contributed by atoms with E-state index in [1.165, 1.54) is 18.4 Å². The number of carbonyl (C=O) groups excluding carboxylic acids is 2. The van der Waals surface area contributed by atoms with Gasteiger partial charge in [-0.1, -0.05) is 23.5 Å². The van der Waals surface area contributed by atoms with Crippen molar-refractivity contribution >= 4 is 33.4 Å². The molecule has 32 heavy (non-hydrogen) atoms. The molecule has 1 aromatic heterocycles. The number of benzene rings is 2. The van der Waals surface area contributed by atoms with Gasteiger partial charge in [-0.25, -0.2) is 0 Å². The molecule has 0 bridgehead atoms. The van der Waals surface area contributed by atoms with E-state index in [0.29, 0.717) is 47.4 Å². The zero-order valence-electron chi connectivity index (χ0n) is 18.5. The number of hydrogen-bond acceptors (Lipinski definition) is 7. The van der Waals surface area contributed by atoms with Crippen LogP contribution in [0.4, 0.5) is 0 Å².